The standard InChI is InChI=1S/C23H29N5O3/c1-3-30-23(29)21-25-20(19-16(2)27-31-22(19)26-21)24-11-14-28-12-9-18(10-13-28)15-17-7-5-4-6-8-17/h4-8,18H,3,9-15H2,1-2H3,(H,24,25,26). The normalized spacial score (nSPS) is 15.3. The number of nitrogens with zero attached hydrogens (tertiary/aromatic N) is 4. The Morgan fingerprint density at radius 2 is 2.00 bits per heavy atom. The summed E-state index contributed by atoms with van der Waals surface area (Å²) in [5.74, 6) is 0.724. The first kappa shape index (κ1) is 21.2. The van der Waals surface area contributed by atoms with Gasteiger partial charge in [0, 0.05) is 13.1 Å². The summed E-state index contributed by atoms with van der Waals surface area (Å²) < 4.78 is 10.3. The molecule has 0 bridgehead atoms. The first-order valence-corrected chi connectivity index (χ1v) is 10.9. The fourth-order valence-electron chi connectivity index (χ4n) is 4.10. The number of esters is 1. The number of likely N-dealkylation sites (tertiary alicyclic amines) is 1. The Morgan fingerprint density at radius 1 is 1.23 bits per heavy atom. The Morgan fingerprint density at radius 3 is 2.74 bits per heavy atom. The number of aryl methyl sites for hydroxylation is 1. The number of hydrogen-bond acceptors (Lipinski definition) is 8. The van der Waals surface area contributed by atoms with Crippen molar-refractivity contribution in [3.63, 3.8) is 0 Å². The van der Waals surface area contributed by atoms with E-state index in [0.29, 0.717) is 29.2 Å². The van der Waals surface area contributed by atoms with Crippen LogP contribution in [0.2, 0.25) is 0 Å². The predicted octanol–water partition coefficient (Wildman–Crippen LogP) is 3.47. The molecule has 1 fully saturated rings. The zero-order valence-corrected chi connectivity index (χ0v) is 18.1. The van der Waals surface area contributed by atoms with E-state index in [1.807, 2.05) is 6.92 Å². The largest absolute Gasteiger partial charge is 0.460 e. The third-order valence-corrected chi connectivity index (χ3v) is 5.76. The highest BCUT2D eigenvalue weighted by molar-refractivity contribution is 5.93. The highest BCUT2D eigenvalue weighted by Gasteiger charge is 2.21. The molecular formula is C23H29N5O3. The molecule has 2 aromatic heterocycles. The number of carbonyl (C=O) groups is 1. The highest BCUT2D eigenvalue weighted by Crippen LogP contribution is 2.24. The molecule has 0 amide bonds. The summed E-state index contributed by atoms with van der Waals surface area (Å²) in [4.78, 5) is 23.1. The van der Waals surface area contributed by atoms with Gasteiger partial charge in [0.05, 0.1) is 12.3 Å². The topological polar surface area (TPSA) is 93.4 Å². The minimum atomic E-state index is -0.568. The molecule has 31 heavy (non-hydrogen) atoms. The smallest absolute Gasteiger partial charge is 0.376 e. The van der Waals surface area contributed by atoms with Crippen LogP contribution in [0.4, 0.5) is 5.82 Å². The number of nitrogens with one attached hydrogen (secondary N) is 1. The first-order valence-electron chi connectivity index (χ1n) is 10.9. The van der Waals surface area contributed by atoms with Crippen LogP contribution in [0, 0.1) is 12.8 Å². The number of fused-ring (bicyclic) bond motifs is 1. The number of ether oxygens (including phenoxy) is 1. The van der Waals surface area contributed by atoms with Gasteiger partial charge in [-0.15, -0.1) is 0 Å². The van der Waals surface area contributed by atoms with Crippen molar-refractivity contribution < 1.29 is 14.1 Å². The summed E-state index contributed by atoms with van der Waals surface area (Å²) >= 11 is 0. The van der Waals surface area contributed by atoms with Gasteiger partial charge in [-0.1, -0.05) is 35.5 Å². The van der Waals surface area contributed by atoms with Crippen molar-refractivity contribution in [1.82, 2.24) is 20.0 Å². The van der Waals surface area contributed by atoms with E-state index in [1.165, 1.54) is 18.4 Å². The molecule has 3 heterocycles. The van der Waals surface area contributed by atoms with E-state index in [2.05, 4.69) is 55.7 Å². The number of rotatable bonds is 8. The maximum absolute atomic E-state index is 12.1. The quantitative estimate of drug-likeness (QED) is 0.551. The Hall–Kier alpha value is -3.00. The molecule has 0 aliphatic carbocycles. The van der Waals surface area contributed by atoms with Crippen LogP contribution in [0.25, 0.3) is 11.1 Å². The van der Waals surface area contributed by atoms with Gasteiger partial charge in [-0.3, -0.25) is 0 Å². The predicted molar refractivity (Wildman–Crippen MR) is 118 cm³/mol. The summed E-state index contributed by atoms with van der Waals surface area (Å²) in [6, 6.07) is 10.7. The van der Waals surface area contributed by atoms with Crippen molar-refractivity contribution in [2.75, 3.05) is 38.1 Å². The summed E-state index contributed by atoms with van der Waals surface area (Å²) in [5.41, 5.74) is 2.41. The maximum Gasteiger partial charge on any atom is 0.376 e. The average Bonchev–Trinajstić information content (AvgIpc) is 3.17. The average molecular weight is 424 g/mol. The van der Waals surface area contributed by atoms with E-state index in [9.17, 15) is 4.79 Å². The van der Waals surface area contributed by atoms with Gasteiger partial charge in [0.1, 0.15) is 11.2 Å². The van der Waals surface area contributed by atoms with E-state index in [4.69, 9.17) is 9.26 Å². The number of carbonyl (C=O) groups excluding carboxylic acids is 1. The molecule has 8 heteroatoms. The van der Waals surface area contributed by atoms with Gasteiger partial charge in [0.25, 0.3) is 5.71 Å². The molecule has 1 saturated heterocycles. The van der Waals surface area contributed by atoms with Crippen LogP contribution in [0.5, 0.6) is 0 Å². The van der Waals surface area contributed by atoms with Crippen molar-refractivity contribution >= 4 is 22.9 Å². The highest BCUT2D eigenvalue weighted by atomic mass is 16.5. The monoisotopic (exact) mass is 423 g/mol. The minimum Gasteiger partial charge on any atom is -0.460 e. The SMILES string of the molecule is CCOC(=O)c1nc(NCCN2CCC(Cc3ccccc3)CC2)c2c(C)noc2n1. The molecule has 8 nitrogen and oxygen atoms in total. The van der Waals surface area contributed by atoms with Crippen LogP contribution < -0.4 is 5.32 Å². The first-order chi connectivity index (χ1) is 15.1. The number of benzene rings is 1. The van der Waals surface area contributed by atoms with Crippen molar-refractivity contribution in [2.45, 2.75) is 33.1 Å². The molecule has 1 N–H and O–H groups in total. The van der Waals surface area contributed by atoms with Gasteiger partial charge < -0.3 is 19.5 Å². The second-order valence-corrected chi connectivity index (χ2v) is 7.97. The van der Waals surface area contributed by atoms with Crippen LogP contribution in [0.3, 0.4) is 0 Å². The van der Waals surface area contributed by atoms with Crippen LogP contribution >= 0.6 is 0 Å². The van der Waals surface area contributed by atoms with Crippen LogP contribution in [0.1, 0.15) is 41.6 Å². The molecule has 0 saturated carbocycles. The molecule has 1 aliphatic rings. The van der Waals surface area contributed by atoms with Gasteiger partial charge in [-0.25, -0.2) is 9.78 Å². The van der Waals surface area contributed by atoms with Gasteiger partial charge in [-0.2, -0.15) is 4.98 Å². The van der Waals surface area contributed by atoms with Crippen molar-refractivity contribution in [1.29, 1.82) is 0 Å². The van der Waals surface area contributed by atoms with Crippen molar-refractivity contribution in [3.05, 3.63) is 47.4 Å². The third-order valence-electron chi connectivity index (χ3n) is 5.76. The van der Waals surface area contributed by atoms with Gasteiger partial charge >= 0.3 is 5.97 Å². The number of anilines is 1. The summed E-state index contributed by atoms with van der Waals surface area (Å²) in [6.45, 7) is 7.65. The van der Waals surface area contributed by atoms with Crippen molar-refractivity contribution in [3.8, 4) is 0 Å². The summed E-state index contributed by atoms with van der Waals surface area (Å²) in [5, 5.41) is 8.02. The van der Waals surface area contributed by atoms with Gasteiger partial charge in [0.2, 0.25) is 5.82 Å². The third kappa shape index (κ3) is 5.19. The van der Waals surface area contributed by atoms with Crippen molar-refractivity contribution in [2.24, 2.45) is 5.92 Å². The lowest BCUT2D eigenvalue weighted by atomic mass is 9.90. The molecule has 3 aromatic rings. The molecular weight excluding hydrogens is 394 g/mol. The number of aromatic nitrogens is 3. The lowest BCUT2D eigenvalue weighted by Crippen LogP contribution is -2.37. The molecule has 0 atom stereocenters. The Bertz CT molecular complexity index is 1010. The molecule has 4 rings (SSSR count). The second kappa shape index (κ2) is 9.87. The minimum absolute atomic E-state index is 0.0188. The fourth-order valence-corrected chi connectivity index (χ4v) is 4.10. The summed E-state index contributed by atoms with van der Waals surface area (Å²) in [6.07, 6.45) is 3.59. The van der Waals surface area contributed by atoms with Gasteiger partial charge in [-0.05, 0) is 57.7 Å². The summed E-state index contributed by atoms with van der Waals surface area (Å²) in [7, 11) is 0. The number of piperidine rings is 1. The van der Waals surface area contributed by atoms with E-state index < -0.39 is 5.97 Å². The van der Waals surface area contributed by atoms with Crippen LogP contribution in [-0.2, 0) is 11.2 Å². The van der Waals surface area contributed by atoms with E-state index >= 15 is 0 Å². The lowest BCUT2D eigenvalue weighted by molar-refractivity contribution is 0.0512. The molecule has 1 aliphatic heterocycles. The molecule has 0 spiro atoms. The Labute approximate surface area is 182 Å². The van der Waals surface area contributed by atoms with Crippen LogP contribution in [0.15, 0.2) is 34.9 Å². The Balaban J connectivity index is 1.32. The zero-order valence-electron chi connectivity index (χ0n) is 18.1. The van der Waals surface area contributed by atoms with E-state index in [1.54, 1.807) is 6.92 Å². The maximum atomic E-state index is 12.1. The molecule has 1 aromatic carbocycles. The Kier molecular flexibility index (Phi) is 6.76. The fraction of sp³-hybridized carbons (Fsp3) is 0.478. The second-order valence-electron chi connectivity index (χ2n) is 7.97. The molecule has 0 radical (unpaired) electrons. The lowest BCUT2D eigenvalue weighted by Gasteiger charge is -2.32. The van der Waals surface area contributed by atoms with Crippen LogP contribution in [-0.4, -0.2) is 58.8 Å². The molecule has 0 unspecified atom stereocenters. The van der Waals surface area contributed by atoms with E-state index in [0.717, 1.165) is 32.0 Å². The van der Waals surface area contributed by atoms with Gasteiger partial charge in [0.15, 0.2) is 0 Å². The zero-order chi connectivity index (χ0) is 21.6. The molecule has 164 valence electrons. The number of hydrogen-bond donors (Lipinski definition) is 1. The van der Waals surface area contributed by atoms with E-state index in [-0.39, 0.29) is 12.4 Å².